The standard InChI is InChI=1S/C23H23ClN2O4S/c1-30-21-12-11-18(23(27)25-16-19-9-5-6-10-20(19)24)15-22(21)31(28,29)26-14-13-17-7-3-2-4-8-17/h2-12,15,26H,13-14,16H2,1H3,(H,25,27). The van der Waals surface area contributed by atoms with Gasteiger partial charge in [-0.25, -0.2) is 13.1 Å². The van der Waals surface area contributed by atoms with Crippen LogP contribution in [0.4, 0.5) is 0 Å². The van der Waals surface area contributed by atoms with Crippen molar-refractivity contribution in [3.8, 4) is 5.75 Å². The zero-order chi connectivity index (χ0) is 22.3. The maximum absolute atomic E-state index is 12.9. The first-order valence-electron chi connectivity index (χ1n) is 9.64. The molecule has 0 fully saturated rings. The van der Waals surface area contributed by atoms with Crippen LogP contribution in [0.2, 0.25) is 5.02 Å². The molecule has 0 aliphatic rings. The SMILES string of the molecule is COc1ccc(C(=O)NCc2ccccc2Cl)cc1S(=O)(=O)NCCc1ccccc1. The zero-order valence-corrected chi connectivity index (χ0v) is 18.5. The van der Waals surface area contributed by atoms with Crippen LogP contribution in [0.3, 0.4) is 0 Å². The summed E-state index contributed by atoms with van der Waals surface area (Å²) in [4.78, 5) is 12.5. The largest absolute Gasteiger partial charge is 0.495 e. The van der Waals surface area contributed by atoms with E-state index in [-0.39, 0.29) is 29.3 Å². The lowest BCUT2D eigenvalue weighted by molar-refractivity contribution is 0.0950. The second-order valence-corrected chi connectivity index (χ2v) is 8.92. The fourth-order valence-electron chi connectivity index (χ4n) is 3.00. The summed E-state index contributed by atoms with van der Waals surface area (Å²) in [5, 5.41) is 3.30. The van der Waals surface area contributed by atoms with Crippen molar-refractivity contribution >= 4 is 27.5 Å². The van der Waals surface area contributed by atoms with E-state index in [2.05, 4.69) is 10.0 Å². The highest BCUT2D eigenvalue weighted by molar-refractivity contribution is 7.89. The molecule has 8 heteroatoms. The second kappa shape index (κ2) is 10.4. The summed E-state index contributed by atoms with van der Waals surface area (Å²) in [6, 6.07) is 21.0. The number of carbonyl (C=O) groups is 1. The molecule has 0 aliphatic heterocycles. The van der Waals surface area contributed by atoms with E-state index in [1.807, 2.05) is 42.5 Å². The molecular formula is C23H23ClN2O4S. The van der Waals surface area contributed by atoms with Crippen LogP contribution < -0.4 is 14.8 Å². The van der Waals surface area contributed by atoms with Gasteiger partial charge in [0.2, 0.25) is 10.0 Å². The van der Waals surface area contributed by atoms with E-state index in [0.717, 1.165) is 11.1 Å². The minimum atomic E-state index is -3.88. The van der Waals surface area contributed by atoms with E-state index >= 15 is 0 Å². The Balaban J connectivity index is 1.72. The van der Waals surface area contributed by atoms with E-state index in [1.54, 1.807) is 12.1 Å². The van der Waals surface area contributed by atoms with Crippen molar-refractivity contribution < 1.29 is 17.9 Å². The number of sulfonamides is 1. The molecule has 0 radical (unpaired) electrons. The molecular weight excluding hydrogens is 436 g/mol. The van der Waals surface area contributed by atoms with Crippen LogP contribution in [0, 0.1) is 0 Å². The van der Waals surface area contributed by atoms with Gasteiger partial charge in [-0.15, -0.1) is 0 Å². The Morgan fingerprint density at radius 3 is 2.42 bits per heavy atom. The third kappa shape index (κ3) is 6.07. The summed E-state index contributed by atoms with van der Waals surface area (Å²) in [6.45, 7) is 0.445. The van der Waals surface area contributed by atoms with Gasteiger partial charge in [-0.1, -0.05) is 60.1 Å². The van der Waals surface area contributed by atoms with Crippen molar-refractivity contribution in [3.63, 3.8) is 0 Å². The fraction of sp³-hybridized carbons (Fsp3) is 0.174. The minimum absolute atomic E-state index is 0.0894. The Hall–Kier alpha value is -2.87. The molecule has 3 aromatic rings. The van der Waals surface area contributed by atoms with Gasteiger partial charge in [-0.2, -0.15) is 0 Å². The monoisotopic (exact) mass is 458 g/mol. The van der Waals surface area contributed by atoms with E-state index < -0.39 is 15.9 Å². The number of benzene rings is 3. The lowest BCUT2D eigenvalue weighted by Crippen LogP contribution is -2.27. The summed E-state index contributed by atoms with van der Waals surface area (Å²) in [6.07, 6.45) is 0.542. The van der Waals surface area contributed by atoms with Gasteiger partial charge in [0.15, 0.2) is 0 Å². The van der Waals surface area contributed by atoms with Crippen molar-refractivity contribution in [1.82, 2.24) is 10.0 Å². The van der Waals surface area contributed by atoms with Crippen molar-refractivity contribution in [2.75, 3.05) is 13.7 Å². The van der Waals surface area contributed by atoms with Gasteiger partial charge >= 0.3 is 0 Å². The number of nitrogens with one attached hydrogen (secondary N) is 2. The van der Waals surface area contributed by atoms with E-state index in [1.165, 1.54) is 25.3 Å². The Kier molecular flexibility index (Phi) is 7.68. The molecule has 2 N–H and O–H groups in total. The molecule has 0 saturated carbocycles. The molecule has 0 unspecified atom stereocenters. The molecule has 0 saturated heterocycles. The predicted octanol–water partition coefficient (Wildman–Crippen LogP) is 3.80. The summed E-state index contributed by atoms with van der Waals surface area (Å²) < 4.78 is 33.5. The third-order valence-corrected chi connectivity index (χ3v) is 6.51. The Labute approximate surface area is 187 Å². The van der Waals surface area contributed by atoms with E-state index in [0.29, 0.717) is 11.4 Å². The quantitative estimate of drug-likeness (QED) is 0.510. The van der Waals surface area contributed by atoms with Gasteiger partial charge in [-0.3, -0.25) is 4.79 Å². The Morgan fingerprint density at radius 1 is 1.00 bits per heavy atom. The van der Waals surface area contributed by atoms with Gasteiger partial charge in [0, 0.05) is 23.7 Å². The number of ether oxygens (including phenoxy) is 1. The van der Waals surface area contributed by atoms with Crippen LogP contribution >= 0.6 is 11.6 Å². The topological polar surface area (TPSA) is 84.5 Å². The summed E-state index contributed by atoms with van der Waals surface area (Å²) in [5.41, 5.74) is 1.99. The normalized spacial score (nSPS) is 11.2. The second-order valence-electron chi connectivity index (χ2n) is 6.77. The fourth-order valence-corrected chi connectivity index (χ4v) is 4.43. The van der Waals surface area contributed by atoms with Gasteiger partial charge in [-0.05, 0) is 41.8 Å². The highest BCUT2D eigenvalue weighted by Crippen LogP contribution is 2.25. The maximum atomic E-state index is 12.9. The van der Waals surface area contributed by atoms with Gasteiger partial charge in [0.05, 0.1) is 7.11 Å². The molecule has 3 rings (SSSR count). The van der Waals surface area contributed by atoms with E-state index in [9.17, 15) is 13.2 Å². The van der Waals surface area contributed by atoms with Crippen molar-refractivity contribution in [3.05, 3.63) is 94.5 Å². The Morgan fingerprint density at radius 2 is 1.71 bits per heavy atom. The molecule has 1 amide bonds. The lowest BCUT2D eigenvalue weighted by Gasteiger charge is -2.13. The van der Waals surface area contributed by atoms with Crippen LogP contribution in [-0.2, 0) is 23.0 Å². The molecule has 0 bridgehead atoms. The number of hydrogen-bond donors (Lipinski definition) is 2. The molecule has 0 atom stereocenters. The summed E-state index contributed by atoms with van der Waals surface area (Å²) in [5.74, 6) is -0.252. The minimum Gasteiger partial charge on any atom is -0.495 e. The van der Waals surface area contributed by atoms with Crippen molar-refractivity contribution in [2.45, 2.75) is 17.9 Å². The average molecular weight is 459 g/mol. The number of carbonyl (C=O) groups excluding carboxylic acids is 1. The average Bonchev–Trinajstić information content (AvgIpc) is 2.78. The summed E-state index contributed by atoms with van der Waals surface area (Å²) in [7, 11) is -2.49. The molecule has 0 aromatic heterocycles. The number of hydrogen-bond acceptors (Lipinski definition) is 4. The van der Waals surface area contributed by atoms with Gasteiger partial charge in [0.25, 0.3) is 5.91 Å². The zero-order valence-electron chi connectivity index (χ0n) is 17.0. The lowest BCUT2D eigenvalue weighted by atomic mass is 10.2. The molecule has 0 aliphatic carbocycles. The molecule has 0 spiro atoms. The van der Waals surface area contributed by atoms with E-state index in [4.69, 9.17) is 16.3 Å². The van der Waals surface area contributed by atoms with Crippen molar-refractivity contribution in [2.24, 2.45) is 0 Å². The van der Waals surface area contributed by atoms with Gasteiger partial charge < -0.3 is 10.1 Å². The third-order valence-electron chi connectivity index (χ3n) is 4.66. The highest BCUT2D eigenvalue weighted by Gasteiger charge is 2.21. The highest BCUT2D eigenvalue weighted by atomic mass is 35.5. The van der Waals surface area contributed by atoms with Crippen LogP contribution in [-0.4, -0.2) is 28.0 Å². The molecule has 162 valence electrons. The number of amides is 1. The van der Waals surface area contributed by atoms with Crippen LogP contribution in [0.5, 0.6) is 5.75 Å². The first kappa shape index (κ1) is 22.8. The summed E-state index contributed by atoms with van der Waals surface area (Å²) >= 11 is 6.12. The first-order valence-corrected chi connectivity index (χ1v) is 11.5. The Bertz CT molecular complexity index is 1150. The predicted molar refractivity (Wildman–Crippen MR) is 121 cm³/mol. The number of methoxy groups -OCH3 is 1. The number of halogens is 1. The molecule has 3 aromatic carbocycles. The molecule has 31 heavy (non-hydrogen) atoms. The van der Waals surface area contributed by atoms with Gasteiger partial charge in [0.1, 0.15) is 10.6 Å². The molecule has 0 heterocycles. The van der Waals surface area contributed by atoms with Crippen LogP contribution in [0.1, 0.15) is 21.5 Å². The van der Waals surface area contributed by atoms with Crippen LogP contribution in [0.15, 0.2) is 77.7 Å². The smallest absolute Gasteiger partial charge is 0.251 e. The first-order chi connectivity index (χ1) is 14.9. The number of rotatable bonds is 9. The molecule has 6 nitrogen and oxygen atoms in total. The van der Waals surface area contributed by atoms with Crippen LogP contribution in [0.25, 0.3) is 0 Å². The maximum Gasteiger partial charge on any atom is 0.251 e. The van der Waals surface area contributed by atoms with Crippen molar-refractivity contribution in [1.29, 1.82) is 0 Å².